The van der Waals surface area contributed by atoms with Crippen LogP contribution in [0.4, 0.5) is 0 Å². The standard InChI is InChI=1S/C23H29NO/c1-24(2)17-21-13-12-19(14-18-8-5-4-6-9-18)15-23(21)20-10-7-11-22(16-20)25-3/h4-11,14,16,21,23H,12-13,15,17H2,1-3H3/b19-14+. The van der Waals surface area contributed by atoms with Crippen molar-refractivity contribution in [2.75, 3.05) is 27.7 Å². The quantitative estimate of drug-likeness (QED) is 0.742. The molecule has 2 aromatic rings. The van der Waals surface area contributed by atoms with Gasteiger partial charge >= 0.3 is 0 Å². The maximum absolute atomic E-state index is 5.46. The van der Waals surface area contributed by atoms with Crippen LogP contribution in [0.5, 0.6) is 5.75 Å². The highest BCUT2D eigenvalue weighted by molar-refractivity contribution is 5.53. The summed E-state index contributed by atoms with van der Waals surface area (Å²) in [6.45, 7) is 1.14. The summed E-state index contributed by atoms with van der Waals surface area (Å²) >= 11 is 0. The van der Waals surface area contributed by atoms with Gasteiger partial charge in [0.2, 0.25) is 0 Å². The first kappa shape index (κ1) is 17.8. The van der Waals surface area contributed by atoms with E-state index in [1.807, 2.05) is 6.07 Å². The van der Waals surface area contributed by atoms with Crippen molar-refractivity contribution in [3.63, 3.8) is 0 Å². The molecule has 0 amide bonds. The number of allylic oxidation sites excluding steroid dienone is 1. The molecule has 2 unspecified atom stereocenters. The Kier molecular flexibility index (Phi) is 5.93. The van der Waals surface area contributed by atoms with Crippen LogP contribution >= 0.6 is 0 Å². The molecule has 0 saturated heterocycles. The van der Waals surface area contributed by atoms with Crippen molar-refractivity contribution in [1.82, 2.24) is 4.90 Å². The van der Waals surface area contributed by atoms with Gasteiger partial charge < -0.3 is 9.64 Å². The Hall–Kier alpha value is -2.06. The summed E-state index contributed by atoms with van der Waals surface area (Å²) in [5.74, 6) is 2.21. The molecule has 3 rings (SSSR count). The molecule has 132 valence electrons. The summed E-state index contributed by atoms with van der Waals surface area (Å²) in [4.78, 5) is 2.32. The van der Waals surface area contributed by atoms with Gasteiger partial charge in [0.15, 0.2) is 0 Å². The van der Waals surface area contributed by atoms with E-state index in [1.165, 1.54) is 24.0 Å². The van der Waals surface area contributed by atoms with Crippen LogP contribution in [0, 0.1) is 5.92 Å². The fourth-order valence-electron chi connectivity index (χ4n) is 3.99. The first-order valence-corrected chi connectivity index (χ1v) is 9.19. The lowest BCUT2D eigenvalue weighted by atomic mass is 9.73. The van der Waals surface area contributed by atoms with Crippen LogP contribution in [-0.4, -0.2) is 32.6 Å². The van der Waals surface area contributed by atoms with Crippen molar-refractivity contribution in [3.05, 3.63) is 71.3 Å². The molecular formula is C23H29NO. The number of benzene rings is 2. The second kappa shape index (κ2) is 8.35. The van der Waals surface area contributed by atoms with Crippen LogP contribution in [0.2, 0.25) is 0 Å². The van der Waals surface area contributed by atoms with E-state index in [2.05, 4.69) is 73.6 Å². The topological polar surface area (TPSA) is 12.5 Å². The van der Waals surface area contributed by atoms with Gasteiger partial charge in [0.1, 0.15) is 5.75 Å². The van der Waals surface area contributed by atoms with Gasteiger partial charge in [-0.1, -0.05) is 54.1 Å². The van der Waals surface area contributed by atoms with Gasteiger partial charge in [-0.05, 0) is 68.5 Å². The van der Waals surface area contributed by atoms with E-state index in [-0.39, 0.29) is 0 Å². The van der Waals surface area contributed by atoms with Crippen LogP contribution < -0.4 is 4.74 Å². The molecule has 1 aliphatic carbocycles. The highest BCUT2D eigenvalue weighted by atomic mass is 16.5. The molecular weight excluding hydrogens is 306 g/mol. The van der Waals surface area contributed by atoms with Crippen LogP contribution in [0.3, 0.4) is 0 Å². The number of nitrogens with zero attached hydrogens (tertiary/aromatic N) is 1. The summed E-state index contributed by atoms with van der Waals surface area (Å²) in [5.41, 5.74) is 4.28. The first-order chi connectivity index (χ1) is 12.2. The molecule has 0 aliphatic heterocycles. The summed E-state index contributed by atoms with van der Waals surface area (Å²) in [6.07, 6.45) is 5.98. The fourth-order valence-corrected chi connectivity index (χ4v) is 3.99. The third kappa shape index (κ3) is 4.73. The van der Waals surface area contributed by atoms with E-state index < -0.39 is 0 Å². The molecule has 2 aromatic carbocycles. The molecule has 25 heavy (non-hydrogen) atoms. The Labute approximate surface area is 152 Å². The molecule has 0 N–H and O–H groups in total. The predicted octanol–water partition coefficient (Wildman–Crippen LogP) is 5.22. The molecule has 2 heteroatoms. The minimum absolute atomic E-state index is 0.557. The first-order valence-electron chi connectivity index (χ1n) is 9.19. The van der Waals surface area contributed by atoms with E-state index in [1.54, 1.807) is 12.7 Å². The van der Waals surface area contributed by atoms with E-state index in [0.29, 0.717) is 11.8 Å². The van der Waals surface area contributed by atoms with Gasteiger partial charge in [0, 0.05) is 6.54 Å². The summed E-state index contributed by atoms with van der Waals surface area (Å²) < 4.78 is 5.46. The van der Waals surface area contributed by atoms with E-state index >= 15 is 0 Å². The number of hydrogen-bond donors (Lipinski definition) is 0. The van der Waals surface area contributed by atoms with Gasteiger partial charge in [-0.25, -0.2) is 0 Å². The normalized spacial score (nSPS) is 22.3. The number of rotatable bonds is 5. The SMILES string of the molecule is COc1cccc(C2C/C(=C/c3ccccc3)CCC2CN(C)C)c1. The zero-order chi connectivity index (χ0) is 17.6. The average Bonchev–Trinajstić information content (AvgIpc) is 2.63. The largest absolute Gasteiger partial charge is 0.497 e. The molecule has 0 aromatic heterocycles. The van der Waals surface area contributed by atoms with Gasteiger partial charge in [-0.2, -0.15) is 0 Å². The molecule has 0 radical (unpaired) electrons. The van der Waals surface area contributed by atoms with E-state index in [0.717, 1.165) is 18.7 Å². The average molecular weight is 335 g/mol. The number of ether oxygens (including phenoxy) is 1. The minimum atomic E-state index is 0.557. The lowest BCUT2D eigenvalue weighted by Crippen LogP contribution is -2.29. The van der Waals surface area contributed by atoms with Crippen molar-refractivity contribution in [1.29, 1.82) is 0 Å². The highest BCUT2D eigenvalue weighted by Gasteiger charge is 2.29. The smallest absolute Gasteiger partial charge is 0.119 e. The summed E-state index contributed by atoms with van der Waals surface area (Å²) in [6, 6.07) is 19.3. The van der Waals surface area contributed by atoms with Crippen LogP contribution in [0.15, 0.2) is 60.2 Å². The zero-order valence-corrected chi connectivity index (χ0v) is 15.6. The molecule has 1 aliphatic rings. The third-order valence-electron chi connectivity index (χ3n) is 5.18. The Bertz CT molecular complexity index is 705. The maximum Gasteiger partial charge on any atom is 0.119 e. The minimum Gasteiger partial charge on any atom is -0.497 e. The van der Waals surface area contributed by atoms with Gasteiger partial charge in [0.25, 0.3) is 0 Å². The van der Waals surface area contributed by atoms with Crippen molar-refractivity contribution in [2.24, 2.45) is 5.92 Å². The lowest BCUT2D eigenvalue weighted by Gasteiger charge is -2.35. The van der Waals surface area contributed by atoms with Crippen LogP contribution in [0.1, 0.15) is 36.3 Å². The van der Waals surface area contributed by atoms with Gasteiger partial charge in [-0.3, -0.25) is 0 Å². The van der Waals surface area contributed by atoms with Gasteiger partial charge in [0.05, 0.1) is 7.11 Å². The molecule has 0 heterocycles. The molecule has 0 bridgehead atoms. The van der Waals surface area contributed by atoms with Crippen LogP contribution in [0.25, 0.3) is 6.08 Å². The number of methoxy groups -OCH3 is 1. The Morgan fingerprint density at radius 1 is 1.08 bits per heavy atom. The lowest BCUT2D eigenvalue weighted by molar-refractivity contribution is 0.256. The van der Waals surface area contributed by atoms with Crippen molar-refractivity contribution >= 4 is 6.08 Å². The second-order valence-corrected chi connectivity index (χ2v) is 7.36. The second-order valence-electron chi connectivity index (χ2n) is 7.36. The van der Waals surface area contributed by atoms with Gasteiger partial charge in [-0.15, -0.1) is 0 Å². The molecule has 0 spiro atoms. The summed E-state index contributed by atoms with van der Waals surface area (Å²) in [7, 11) is 6.11. The predicted molar refractivity (Wildman–Crippen MR) is 106 cm³/mol. The van der Waals surface area contributed by atoms with Crippen molar-refractivity contribution in [3.8, 4) is 5.75 Å². The monoisotopic (exact) mass is 335 g/mol. The van der Waals surface area contributed by atoms with Crippen molar-refractivity contribution in [2.45, 2.75) is 25.2 Å². The highest BCUT2D eigenvalue weighted by Crippen LogP contribution is 2.42. The zero-order valence-electron chi connectivity index (χ0n) is 15.6. The van der Waals surface area contributed by atoms with Crippen molar-refractivity contribution < 1.29 is 4.74 Å². The maximum atomic E-state index is 5.46. The third-order valence-corrected chi connectivity index (χ3v) is 5.18. The molecule has 2 nitrogen and oxygen atoms in total. The van der Waals surface area contributed by atoms with Crippen LogP contribution in [-0.2, 0) is 0 Å². The Morgan fingerprint density at radius 2 is 1.88 bits per heavy atom. The van der Waals surface area contributed by atoms with E-state index in [4.69, 9.17) is 4.74 Å². The molecule has 2 atom stereocenters. The van der Waals surface area contributed by atoms with E-state index in [9.17, 15) is 0 Å². The molecule has 1 saturated carbocycles. The number of hydrogen-bond acceptors (Lipinski definition) is 2. The summed E-state index contributed by atoms with van der Waals surface area (Å²) in [5, 5.41) is 0. The Morgan fingerprint density at radius 3 is 2.60 bits per heavy atom. The Balaban J connectivity index is 1.86. The molecule has 1 fully saturated rings. The fraction of sp³-hybridized carbons (Fsp3) is 0.391.